The molecule has 0 unspecified atom stereocenters. The van der Waals surface area contributed by atoms with Crippen molar-refractivity contribution >= 4 is 11.7 Å². The van der Waals surface area contributed by atoms with Crippen LogP contribution in [0.2, 0.25) is 0 Å². The molecule has 2 fully saturated rings. The minimum absolute atomic E-state index is 0. The van der Waals surface area contributed by atoms with Crippen molar-refractivity contribution in [2.75, 3.05) is 32.8 Å². The second-order valence-corrected chi connectivity index (χ2v) is 9.33. The molecule has 1 aromatic carbocycles. The maximum Gasteiger partial charge on any atom is 0.220 e. The van der Waals surface area contributed by atoms with Gasteiger partial charge in [0.15, 0.2) is 11.5 Å². The number of ketones is 1. The van der Waals surface area contributed by atoms with Crippen LogP contribution in [0.15, 0.2) is 18.2 Å². The van der Waals surface area contributed by atoms with Crippen LogP contribution in [0.4, 0.5) is 0 Å². The summed E-state index contributed by atoms with van der Waals surface area (Å²) < 4.78 is 11.2. The molecule has 2 heterocycles. The molecule has 0 spiro atoms. The summed E-state index contributed by atoms with van der Waals surface area (Å²) in [5.74, 6) is 2.00. The molecule has 7 nitrogen and oxygen atoms in total. The molecule has 4 rings (SSSR count). The van der Waals surface area contributed by atoms with Gasteiger partial charge in [0.05, 0.1) is 6.04 Å². The van der Waals surface area contributed by atoms with Gasteiger partial charge in [-0.15, -0.1) is 0 Å². The Morgan fingerprint density at radius 3 is 2.45 bits per heavy atom. The van der Waals surface area contributed by atoms with Gasteiger partial charge in [0.1, 0.15) is 25.1 Å². The van der Waals surface area contributed by atoms with Gasteiger partial charge >= 0.3 is 0 Å². The van der Waals surface area contributed by atoms with Crippen LogP contribution in [0.3, 0.4) is 0 Å². The highest BCUT2D eigenvalue weighted by atomic mass is 16.6. The summed E-state index contributed by atoms with van der Waals surface area (Å²) in [5, 5.41) is 14.2. The molecule has 1 amide bonds. The van der Waals surface area contributed by atoms with Gasteiger partial charge in [-0.05, 0) is 69.3 Å². The highest BCUT2D eigenvalue weighted by molar-refractivity contribution is 5.83. The van der Waals surface area contributed by atoms with Crippen LogP contribution in [0.5, 0.6) is 11.5 Å². The molecule has 2 N–H and O–H groups in total. The van der Waals surface area contributed by atoms with Crippen molar-refractivity contribution in [1.29, 1.82) is 0 Å². The normalized spacial score (nSPS) is 19.4. The number of carbonyl (C=O) groups is 2. The van der Waals surface area contributed by atoms with Crippen molar-refractivity contribution in [2.45, 2.75) is 77.4 Å². The molecule has 0 bridgehead atoms. The van der Waals surface area contributed by atoms with Gasteiger partial charge in [-0.2, -0.15) is 0 Å². The Labute approximate surface area is 197 Å². The van der Waals surface area contributed by atoms with E-state index < -0.39 is 6.10 Å². The topological polar surface area (TPSA) is 88.1 Å². The van der Waals surface area contributed by atoms with E-state index in [0.29, 0.717) is 55.8 Å². The van der Waals surface area contributed by atoms with E-state index in [9.17, 15) is 14.7 Å². The maximum atomic E-state index is 12.7. The first-order chi connectivity index (χ1) is 15.6. The van der Waals surface area contributed by atoms with E-state index in [1.807, 2.05) is 18.2 Å². The highest BCUT2D eigenvalue weighted by Gasteiger charge is 2.29. The van der Waals surface area contributed by atoms with Crippen molar-refractivity contribution in [3.05, 3.63) is 23.8 Å². The number of hydrogen-bond donors (Lipinski definition) is 2. The van der Waals surface area contributed by atoms with Crippen LogP contribution in [0.1, 0.15) is 76.9 Å². The average Bonchev–Trinajstić information content (AvgIpc) is 3.54. The van der Waals surface area contributed by atoms with Gasteiger partial charge < -0.3 is 24.8 Å². The SMILES string of the molecule is C.O=C(CCCCCC(=O)C1CC1)N[C@H](CN1CCCC1)[C@H](O)c1ccc2c(c1)OCCO2. The van der Waals surface area contributed by atoms with E-state index >= 15 is 0 Å². The van der Waals surface area contributed by atoms with Crippen molar-refractivity contribution in [3.8, 4) is 11.5 Å². The number of carbonyl (C=O) groups excluding carboxylic acids is 2. The van der Waals surface area contributed by atoms with E-state index in [-0.39, 0.29) is 19.4 Å². The number of benzene rings is 1. The quantitative estimate of drug-likeness (QED) is 0.463. The molecular weight excluding hydrogens is 420 g/mol. The first-order valence-electron chi connectivity index (χ1n) is 12.2. The van der Waals surface area contributed by atoms with E-state index in [0.717, 1.165) is 63.6 Å². The molecule has 184 valence electrons. The van der Waals surface area contributed by atoms with Gasteiger partial charge in [-0.1, -0.05) is 19.9 Å². The predicted octanol–water partition coefficient (Wildman–Crippen LogP) is 3.64. The molecule has 1 saturated heterocycles. The molecule has 2 aliphatic heterocycles. The fourth-order valence-corrected chi connectivity index (χ4v) is 4.59. The zero-order valence-corrected chi connectivity index (χ0v) is 18.9. The molecule has 1 aliphatic carbocycles. The third-order valence-electron chi connectivity index (χ3n) is 6.65. The smallest absolute Gasteiger partial charge is 0.220 e. The second kappa shape index (κ2) is 12.4. The van der Waals surface area contributed by atoms with E-state index in [2.05, 4.69) is 10.2 Å². The summed E-state index contributed by atoms with van der Waals surface area (Å²) in [7, 11) is 0. The lowest BCUT2D eigenvalue weighted by atomic mass is 10.0. The number of likely N-dealkylation sites (tertiary alicyclic amines) is 1. The number of nitrogens with one attached hydrogen (secondary N) is 1. The Kier molecular flexibility index (Phi) is 9.56. The molecule has 0 radical (unpaired) electrons. The summed E-state index contributed by atoms with van der Waals surface area (Å²) in [5.41, 5.74) is 0.720. The van der Waals surface area contributed by atoms with Crippen molar-refractivity contribution in [3.63, 3.8) is 0 Å². The standard InChI is InChI=1S/C25H36N2O5.CH4/c28-21(18-8-9-18)6-2-1-3-7-24(29)26-20(17-27-12-4-5-13-27)25(30)19-10-11-22-23(16-19)32-15-14-31-22;/h10-11,16,18,20,25,30H,1-9,12-15,17H2,(H,26,29);1H4/t20-,25-;/m1./s1. The largest absolute Gasteiger partial charge is 0.486 e. The number of amides is 1. The number of rotatable bonds is 12. The van der Waals surface area contributed by atoms with Crippen molar-refractivity contribution in [1.82, 2.24) is 10.2 Å². The van der Waals surface area contributed by atoms with Crippen LogP contribution >= 0.6 is 0 Å². The van der Waals surface area contributed by atoms with Crippen LogP contribution in [-0.2, 0) is 9.59 Å². The monoisotopic (exact) mass is 460 g/mol. The fraction of sp³-hybridized carbons (Fsp3) is 0.692. The van der Waals surface area contributed by atoms with Crippen molar-refractivity contribution < 1.29 is 24.2 Å². The molecule has 33 heavy (non-hydrogen) atoms. The lowest BCUT2D eigenvalue weighted by molar-refractivity contribution is -0.123. The zero-order chi connectivity index (χ0) is 22.3. The second-order valence-electron chi connectivity index (χ2n) is 9.33. The molecule has 3 aliphatic rings. The third-order valence-corrected chi connectivity index (χ3v) is 6.65. The van der Waals surface area contributed by atoms with Crippen molar-refractivity contribution in [2.24, 2.45) is 5.92 Å². The van der Waals surface area contributed by atoms with Crippen LogP contribution in [0.25, 0.3) is 0 Å². The summed E-state index contributed by atoms with van der Waals surface area (Å²) in [4.78, 5) is 26.7. The Balaban J connectivity index is 0.00000306. The predicted molar refractivity (Wildman–Crippen MR) is 128 cm³/mol. The Bertz CT molecular complexity index is 789. The highest BCUT2D eigenvalue weighted by Crippen LogP contribution is 2.34. The fourth-order valence-electron chi connectivity index (χ4n) is 4.59. The number of unbranched alkanes of at least 4 members (excludes halogenated alkanes) is 2. The van der Waals surface area contributed by atoms with E-state index in [1.54, 1.807) is 0 Å². The number of fused-ring (bicyclic) bond motifs is 1. The van der Waals surface area contributed by atoms with Gasteiger partial charge in [-0.3, -0.25) is 9.59 Å². The number of ether oxygens (including phenoxy) is 2. The van der Waals surface area contributed by atoms with Gasteiger partial charge in [0.25, 0.3) is 0 Å². The van der Waals surface area contributed by atoms with Gasteiger partial charge in [0.2, 0.25) is 5.91 Å². The zero-order valence-electron chi connectivity index (χ0n) is 18.9. The lowest BCUT2D eigenvalue weighted by Gasteiger charge is -2.29. The van der Waals surface area contributed by atoms with E-state index in [1.165, 1.54) is 0 Å². The van der Waals surface area contributed by atoms with Crippen LogP contribution in [-0.4, -0.2) is 60.6 Å². The number of hydrogen-bond acceptors (Lipinski definition) is 6. The first-order valence-corrected chi connectivity index (χ1v) is 12.2. The summed E-state index contributed by atoms with van der Waals surface area (Å²) in [6.07, 6.45) is 7.17. The van der Waals surface area contributed by atoms with E-state index in [4.69, 9.17) is 9.47 Å². The Hall–Kier alpha value is -2.12. The molecule has 1 aromatic rings. The minimum Gasteiger partial charge on any atom is -0.486 e. The molecule has 1 saturated carbocycles. The third kappa shape index (κ3) is 7.44. The average molecular weight is 461 g/mol. The molecule has 0 aromatic heterocycles. The lowest BCUT2D eigenvalue weighted by Crippen LogP contribution is -2.46. The Morgan fingerprint density at radius 1 is 1.03 bits per heavy atom. The summed E-state index contributed by atoms with van der Waals surface area (Å²) in [6.45, 7) is 3.63. The summed E-state index contributed by atoms with van der Waals surface area (Å²) in [6, 6.07) is 5.10. The number of Topliss-reactive ketones (excluding diaryl/α,β-unsaturated/α-hetero) is 1. The maximum absolute atomic E-state index is 12.7. The van der Waals surface area contributed by atoms with Crippen LogP contribution in [0, 0.1) is 5.92 Å². The molecular formula is C26H40N2O5. The number of nitrogens with zero attached hydrogens (tertiary/aromatic N) is 1. The molecule has 2 atom stereocenters. The number of aliphatic hydroxyl groups is 1. The number of aliphatic hydroxyl groups excluding tert-OH is 1. The first kappa shape index (κ1) is 25.5. The van der Waals surface area contributed by atoms with Gasteiger partial charge in [-0.25, -0.2) is 0 Å². The summed E-state index contributed by atoms with van der Waals surface area (Å²) >= 11 is 0. The Morgan fingerprint density at radius 2 is 1.73 bits per heavy atom. The minimum atomic E-state index is -0.827. The molecule has 7 heteroatoms. The van der Waals surface area contributed by atoms with Gasteiger partial charge in [0, 0.05) is 25.3 Å². The van der Waals surface area contributed by atoms with Crippen LogP contribution < -0.4 is 14.8 Å².